The molecule has 0 amide bonds. The highest BCUT2D eigenvalue weighted by molar-refractivity contribution is 7.46. The molecule has 1 aliphatic heterocycles. The van der Waals surface area contributed by atoms with E-state index in [0.29, 0.717) is 32.7 Å². The van der Waals surface area contributed by atoms with Gasteiger partial charge in [-0.2, -0.15) is 0 Å². The molecule has 1 rings (SSSR count). The predicted octanol–water partition coefficient (Wildman–Crippen LogP) is -0.864. The molecule has 0 aliphatic carbocycles. The van der Waals surface area contributed by atoms with E-state index in [1.165, 1.54) is 0 Å². The molecule has 1 unspecified atom stereocenters. The third-order valence-corrected chi connectivity index (χ3v) is 2.52. The Morgan fingerprint density at radius 1 is 1.53 bits per heavy atom. The second-order valence-electron chi connectivity index (χ2n) is 3.27. The fraction of sp³-hybridized carbons (Fsp3) is 1.00. The number of hydrogen-bond acceptors (Lipinski definition) is 5. The summed E-state index contributed by atoms with van der Waals surface area (Å²) in [6.45, 7) is 2.13. The molecular formula is C7H16NO6P. The molecule has 0 aromatic heterocycles. The highest BCUT2D eigenvalue weighted by atomic mass is 31.2. The van der Waals surface area contributed by atoms with Crippen LogP contribution in [-0.2, 0) is 13.8 Å². The van der Waals surface area contributed by atoms with Crippen molar-refractivity contribution < 1.29 is 28.7 Å². The summed E-state index contributed by atoms with van der Waals surface area (Å²) in [7, 11) is -4.49. The number of hydrogen-bond donors (Lipinski definition) is 3. The molecule has 0 saturated carbocycles. The molecule has 1 saturated heterocycles. The van der Waals surface area contributed by atoms with Gasteiger partial charge >= 0.3 is 7.82 Å². The van der Waals surface area contributed by atoms with Crippen LogP contribution in [-0.4, -0.2) is 58.9 Å². The third-order valence-electron chi connectivity index (χ3n) is 2.01. The maximum atomic E-state index is 10.6. The smallest absolute Gasteiger partial charge is 0.396 e. The van der Waals surface area contributed by atoms with Crippen molar-refractivity contribution in [3.05, 3.63) is 0 Å². The topological polar surface area (TPSA) is 99.5 Å². The quantitative estimate of drug-likeness (QED) is 0.538. The molecule has 1 fully saturated rings. The average molecular weight is 241 g/mol. The molecule has 3 N–H and O–H groups in total. The van der Waals surface area contributed by atoms with E-state index in [1.807, 2.05) is 4.90 Å². The summed E-state index contributed by atoms with van der Waals surface area (Å²) in [6, 6.07) is 0. The van der Waals surface area contributed by atoms with E-state index in [1.54, 1.807) is 0 Å². The van der Waals surface area contributed by atoms with Crippen LogP contribution in [0.4, 0.5) is 0 Å². The number of phosphoric ester groups is 1. The summed E-state index contributed by atoms with van der Waals surface area (Å²) in [5, 5.41) is 8.64. The van der Waals surface area contributed by atoms with E-state index in [0.717, 1.165) is 0 Å². The van der Waals surface area contributed by atoms with Gasteiger partial charge in [-0.15, -0.1) is 0 Å². The van der Waals surface area contributed by atoms with E-state index < -0.39 is 14.1 Å². The molecule has 8 heteroatoms. The van der Waals surface area contributed by atoms with Gasteiger partial charge in [-0.25, -0.2) is 4.57 Å². The van der Waals surface area contributed by atoms with Crippen molar-refractivity contribution in [2.45, 2.75) is 12.7 Å². The first-order valence-corrected chi connectivity index (χ1v) is 6.23. The summed E-state index contributed by atoms with van der Waals surface area (Å²) >= 11 is 0. The van der Waals surface area contributed by atoms with Crippen LogP contribution in [0.3, 0.4) is 0 Å². The Labute approximate surface area is 87.8 Å². The first kappa shape index (κ1) is 13.1. The number of aliphatic hydroxyl groups is 1. The molecule has 1 atom stereocenters. The minimum Gasteiger partial charge on any atom is -0.396 e. The Morgan fingerprint density at radius 3 is 2.87 bits per heavy atom. The van der Waals surface area contributed by atoms with Gasteiger partial charge in [0.15, 0.2) is 6.29 Å². The Bertz CT molecular complexity index is 232. The second-order valence-corrected chi connectivity index (χ2v) is 4.47. The number of morpholine rings is 1. The maximum absolute atomic E-state index is 10.6. The van der Waals surface area contributed by atoms with Gasteiger partial charge < -0.3 is 19.6 Å². The van der Waals surface area contributed by atoms with Crippen LogP contribution in [0.15, 0.2) is 0 Å². The Morgan fingerprint density at radius 2 is 2.27 bits per heavy atom. The molecule has 1 heterocycles. The summed E-state index contributed by atoms with van der Waals surface area (Å²) in [5.41, 5.74) is 0. The SMILES string of the molecule is O=P(O)(O)OC1CN(CCCO)CCO1. The first-order chi connectivity index (χ1) is 7.01. The third kappa shape index (κ3) is 5.58. The fourth-order valence-electron chi connectivity index (χ4n) is 1.38. The van der Waals surface area contributed by atoms with E-state index in [9.17, 15) is 4.57 Å². The molecule has 1 aliphatic rings. The molecule has 0 aromatic rings. The monoisotopic (exact) mass is 241 g/mol. The Balaban J connectivity index is 2.32. The van der Waals surface area contributed by atoms with E-state index >= 15 is 0 Å². The lowest BCUT2D eigenvalue weighted by molar-refractivity contribution is -0.139. The Hall–Kier alpha value is -0.0100. The highest BCUT2D eigenvalue weighted by Gasteiger charge is 2.27. The van der Waals surface area contributed by atoms with Crippen molar-refractivity contribution in [1.29, 1.82) is 0 Å². The molecule has 0 radical (unpaired) electrons. The van der Waals surface area contributed by atoms with Crippen molar-refractivity contribution in [1.82, 2.24) is 4.90 Å². The van der Waals surface area contributed by atoms with Crippen molar-refractivity contribution >= 4 is 7.82 Å². The molecule has 0 bridgehead atoms. The van der Waals surface area contributed by atoms with Crippen LogP contribution in [0.5, 0.6) is 0 Å². The van der Waals surface area contributed by atoms with E-state index in [2.05, 4.69) is 4.52 Å². The lowest BCUT2D eigenvalue weighted by Gasteiger charge is -2.32. The van der Waals surface area contributed by atoms with Crippen LogP contribution >= 0.6 is 7.82 Å². The first-order valence-electron chi connectivity index (χ1n) is 4.70. The number of aliphatic hydroxyl groups excluding tert-OH is 1. The number of ether oxygens (including phenoxy) is 1. The zero-order chi connectivity index (χ0) is 11.3. The van der Waals surface area contributed by atoms with Gasteiger partial charge in [-0.1, -0.05) is 0 Å². The number of nitrogens with zero attached hydrogens (tertiary/aromatic N) is 1. The molecule has 90 valence electrons. The lowest BCUT2D eigenvalue weighted by atomic mass is 10.3. The molecule has 7 nitrogen and oxygen atoms in total. The summed E-state index contributed by atoms with van der Waals surface area (Å²) < 4.78 is 20.0. The van der Waals surface area contributed by atoms with Crippen LogP contribution in [0.2, 0.25) is 0 Å². The van der Waals surface area contributed by atoms with Gasteiger partial charge in [0.2, 0.25) is 0 Å². The number of rotatable bonds is 5. The minimum atomic E-state index is -4.49. The van der Waals surface area contributed by atoms with Crippen LogP contribution in [0, 0.1) is 0 Å². The van der Waals surface area contributed by atoms with Gasteiger partial charge in [0.05, 0.1) is 13.2 Å². The maximum Gasteiger partial charge on any atom is 0.471 e. The van der Waals surface area contributed by atoms with Crippen molar-refractivity contribution in [2.75, 3.05) is 32.8 Å². The highest BCUT2D eigenvalue weighted by Crippen LogP contribution is 2.38. The minimum absolute atomic E-state index is 0.0986. The zero-order valence-corrected chi connectivity index (χ0v) is 9.18. The van der Waals surface area contributed by atoms with Gasteiger partial charge in [0.1, 0.15) is 0 Å². The molecule has 0 aromatic carbocycles. The largest absolute Gasteiger partial charge is 0.471 e. The molecular weight excluding hydrogens is 225 g/mol. The lowest BCUT2D eigenvalue weighted by Crippen LogP contribution is -2.43. The van der Waals surface area contributed by atoms with E-state index in [-0.39, 0.29) is 6.61 Å². The van der Waals surface area contributed by atoms with E-state index in [4.69, 9.17) is 19.6 Å². The van der Waals surface area contributed by atoms with Crippen LogP contribution in [0.1, 0.15) is 6.42 Å². The summed E-state index contributed by atoms with van der Waals surface area (Å²) in [6.07, 6.45) is -0.263. The average Bonchev–Trinajstić information content (AvgIpc) is 2.12. The molecule has 0 spiro atoms. The predicted molar refractivity (Wildman–Crippen MR) is 51.0 cm³/mol. The normalized spacial score (nSPS) is 24.3. The standard InChI is InChI=1S/C7H16NO6P/c9-4-1-2-8-3-5-13-7(6-8)14-15(10,11)12/h7,9H,1-6H2,(H2,10,11,12). The van der Waals surface area contributed by atoms with Crippen LogP contribution < -0.4 is 0 Å². The van der Waals surface area contributed by atoms with Gasteiger partial charge in [0, 0.05) is 19.7 Å². The van der Waals surface area contributed by atoms with Crippen molar-refractivity contribution in [3.8, 4) is 0 Å². The summed E-state index contributed by atoms with van der Waals surface area (Å²) in [4.78, 5) is 19.1. The molecule has 15 heavy (non-hydrogen) atoms. The van der Waals surface area contributed by atoms with Gasteiger partial charge in [-0.05, 0) is 6.42 Å². The Kier molecular flexibility index (Phi) is 5.14. The van der Waals surface area contributed by atoms with Crippen LogP contribution in [0.25, 0.3) is 0 Å². The zero-order valence-electron chi connectivity index (χ0n) is 8.28. The van der Waals surface area contributed by atoms with Gasteiger partial charge in [-0.3, -0.25) is 9.42 Å². The van der Waals surface area contributed by atoms with Gasteiger partial charge in [0.25, 0.3) is 0 Å². The number of phosphoric acid groups is 1. The summed E-state index contributed by atoms with van der Waals surface area (Å²) in [5.74, 6) is 0. The fourth-order valence-corrected chi connectivity index (χ4v) is 1.82. The second kappa shape index (κ2) is 5.91. The van der Waals surface area contributed by atoms with Crippen molar-refractivity contribution in [3.63, 3.8) is 0 Å². The van der Waals surface area contributed by atoms with Crippen molar-refractivity contribution in [2.24, 2.45) is 0 Å².